The quantitative estimate of drug-likeness (QED) is 0.362. The number of nitrogens with zero attached hydrogens (tertiary/aromatic N) is 2. The van der Waals surface area contributed by atoms with Crippen LogP contribution in [0.4, 0.5) is 0 Å². The number of carbonyl (C=O) groups excluding carboxylic acids is 1. The van der Waals surface area contributed by atoms with Gasteiger partial charge in [-0.3, -0.25) is 14.2 Å². The molecule has 1 amide bonds. The molecule has 4 rings (SSSR count). The van der Waals surface area contributed by atoms with Gasteiger partial charge in [0.05, 0.1) is 23.6 Å². The van der Waals surface area contributed by atoms with Crippen LogP contribution in [0.2, 0.25) is 5.02 Å². The molecule has 1 unspecified atom stereocenters. The number of hydrogen-bond donors (Lipinski definition) is 1. The third-order valence-corrected chi connectivity index (χ3v) is 6.97. The first-order valence-corrected chi connectivity index (χ1v) is 12.6. The molecule has 1 aliphatic heterocycles. The number of ether oxygens (including phenoxy) is 1. The summed E-state index contributed by atoms with van der Waals surface area (Å²) in [4.78, 5) is 30.8. The average Bonchev–Trinajstić information content (AvgIpc) is 3.32. The van der Waals surface area contributed by atoms with Crippen molar-refractivity contribution in [1.82, 2.24) is 14.9 Å². The monoisotopic (exact) mass is 485 g/mol. The van der Waals surface area contributed by atoms with Crippen LogP contribution in [0.15, 0.2) is 52.4 Å². The molecule has 1 aromatic heterocycles. The number of halogens is 1. The topological polar surface area (TPSA) is 73.2 Å². The van der Waals surface area contributed by atoms with E-state index in [1.807, 2.05) is 38.1 Å². The molecule has 6 nitrogen and oxygen atoms in total. The fraction of sp³-hybridized carbons (Fsp3) is 0.400. The standard InChI is InChI=1S/C25H28ClN3O3S/c1-16(2)13-27-23(30)17-9-10-20-22(12-17)28-25(33-15-18-6-3-4-8-21(18)26)29(24(20)31)14-19-7-5-11-32-19/h3-4,6,8-10,12,16,19H,5,7,11,13-15H2,1-2H3,(H,27,30). The zero-order chi connectivity index (χ0) is 23.4. The second-order valence-electron chi connectivity index (χ2n) is 8.66. The lowest BCUT2D eigenvalue weighted by Gasteiger charge is -2.17. The van der Waals surface area contributed by atoms with Crippen molar-refractivity contribution in [3.63, 3.8) is 0 Å². The maximum Gasteiger partial charge on any atom is 0.262 e. The summed E-state index contributed by atoms with van der Waals surface area (Å²) in [7, 11) is 0. The minimum Gasteiger partial charge on any atom is -0.376 e. The molecule has 33 heavy (non-hydrogen) atoms. The normalized spacial score (nSPS) is 15.9. The van der Waals surface area contributed by atoms with Crippen molar-refractivity contribution in [2.45, 2.75) is 50.2 Å². The van der Waals surface area contributed by atoms with E-state index in [4.69, 9.17) is 21.3 Å². The van der Waals surface area contributed by atoms with Gasteiger partial charge in [0.1, 0.15) is 0 Å². The molecule has 1 aliphatic rings. The van der Waals surface area contributed by atoms with E-state index in [0.29, 0.717) is 51.4 Å². The molecule has 1 N–H and O–H groups in total. The Balaban J connectivity index is 1.69. The van der Waals surface area contributed by atoms with E-state index in [2.05, 4.69) is 5.32 Å². The largest absolute Gasteiger partial charge is 0.376 e. The summed E-state index contributed by atoms with van der Waals surface area (Å²) in [6.45, 7) is 5.86. The Morgan fingerprint density at radius 1 is 1.30 bits per heavy atom. The lowest BCUT2D eigenvalue weighted by atomic mass is 10.1. The zero-order valence-electron chi connectivity index (χ0n) is 18.8. The van der Waals surface area contributed by atoms with Crippen LogP contribution in [-0.4, -0.2) is 34.7 Å². The molecule has 0 spiro atoms. The minimum atomic E-state index is -0.166. The van der Waals surface area contributed by atoms with Gasteiger partial charge in [-0.25, -0.2) is 4.98 Å². The lowest BCUT2D eigenvalue weighted by Crippen LogP contribution is -2.29. The van der Waals surface area contributed by atoms with Gasteiger partial charge in [-0.1, -0.05) is 55.4 Å². The van der Waals surface area contributed by atoms with Crippen LogP contribution < -0.4 is 10.9 Å². The molecule has 3 aromatic rings. The van der Waals surface area contributed by atoms with Crippen molar-refractivity contribution in [2.24, 2.45) is 5.92 Å². The van der Waals surface area contributed by atoms with Crippen LogP contribution in [0.25, 0.3) is 10.9 Å². The van der Waals surface area contributed by atoms with Crippen LogP contribution in [0.1, 0.15) is 42.6 Å². The van der Waals surface area contributed by atoms with Crippen molar-refractivity contribution in [3.8, 4) is 0 Å². The highest BCUT2D eigenvalue weighted by Crippen LogP contribution is 2.27. The Morgan fingerprint density at radius 2 is 2.12 bits per heavy atom. The third kappa shape index (κ3) is 5.78. The molecule has 1 fully saturated rings. The van der Waals surface area contributed by atoms with Gasteiger partial charge in [0.15, 0.2) is 5.16 Å². The van der Waals surface area contributed by atoms with E-state index in [0.717, 1.165) is 25.0 Å². The molecular weight excluding hydrogens is 458 g/mol. The van der Waals surface area contributed by atoms with Gasteiger partial charge in [0.2, 0.25) is 0 Å². The summed E-state index contributed by atoms with van der Waals surface area (Å²) < 4.78 is 7.49. The van der Waals surface area contributed by atoms with Crippen LogP contribution in [0.5, 0.6) is 0 Å². The van der Waals surface area contributed by atoms with E-state index in [1.54, 1.807) is 22.8 Å². The van der Waals surface area contributed by atoms with Gasteiger partial charge in [-0.05, 0) is 48.6 Å². The molecule has 2 aromatic carbocycles. The number of hydrogen-bond acceptors (Lipinski definition) is 5. The first kappa shape index (κ1) is 23.8. The number of rotatable bonds is 8. The van der Waals surface area contributed by atoms with Crippen LogP contribution in [0, 0.1) is 5.92 Å². The number of aromatic nitrogens is 2. The van der Waals surface area contributed by atoms with Gasteiger partial charge in [0, 0.05) is 29.5 Å². The second kappa shape index (κ2) is 10.7. The van der Waals surface area contributed by atoms with Crippen LogP contribution in [0.3, 0.4) is 0 Å². The molecule has 8 heteroatoms. The highest BCUT2D eigenvalue weighted by molar-refractivity contribution is 7.98. The molecule has 2 heterocycles. The Kier molecular flexibility index (Phi) is 7.73. The highest BCUT2D eigenvalue weighted by Gasteiger charge is 2.21. The second-order valence-corrected chi connectivity index (χ2v) is 10.0. The van der Waals surface area contributed by atoms with Crippen LogP contribution in [-0.2, 0) is 17.0 Å². The fourth-order valence-corrected chi connectivity index (χ4v) is 5.06. The molecule has 0 aliphatic carbocycles. The van der Waals surface area contributed by atoms with Crippen molar-refractivity contribution in [3.05, 3.63) is 69.0 Å². The van der Waals surface area contributed by atoms with E-state index in [1.165, 1.54) is 11.8 Å². The van der Waals surface area contributed by atoms with E-state index < -0.39 is 0 Å². The molecule has 1 atom stereocenters. The van der Waals surface area contributed by atoms with Gasteiger partial charge < -0.3 is 10.1 Å². The van der Waals surface area contributed by atoms with Gasteiger partial charge >= 0.3 is 0 Å². The number of fused-ring (bicyclic) bond motifs is 1. The minimum absolute atomic E-state index is 0.00250. The highest BCUT2D eigenvalue weighted by atomic mass is 35.5. The molecular formula is C25H28ClN3O3S. The van der Waals surface area contributed by atoms with Gasteiger partial charge in [0.25, 0.3) is 11.5 Å². The van der Waals surface area contributed by atoms with Gasteiger partial charge in [-0.15, -0.1) is 0 Å². The predicted molar refractivity (Wildman–Crippen MR) is 133 cm³/mol. The first-order valence-electron chi connectivity index (χ1n) is 11.2. The maximum absolute atomic E-state index is 13.4. The van der Waals surface area contributed by atoms with Crippen molar-refractivity contribution in [2.75, 3.05) is 13.2 Å². The predicted octanol–water partition coefficient (Wildman–Crippen LogP) is 4.91. The third-order valence-electron chi connectivity index (χ3n) is 5.58. The smallest absolute Gasteiger partial charge is 0.262 e. The summed E-state index contributed by atoms with van der Waals surface area (Å²) in [5.74, 6) is 0.768. The van der Waals surface area contributed by atoms with Crippen molar-refractivity contribution < 1.29 is 9.53 Å². The molecule has 1 saturated heterocycles. The number of benzene rings is 2. The van der Waals surface area contributed by atoms with Gasteiger partial charge in [-0.2, -0.15) is 0 Å². The number of thioether (sulfide) groups is 1. The van der Waals surface area contributed by atoms with Crippen molar-refractivity contribution >= 4 is 40.2 Å². The number of nitrogens with one attached hydrogen (secondary N) is 1. The molecule has 0 radical (unpaired) electrons. The number of carbonyl (C=O) groups is 1. The summed E-state index contributed by atoms with van der Waals surface area (Å²) >= 11 is 7.80. The maximum atomic E-state index is 13.4. The summed E-state index contributed by atoms with van der Waals surface area (Å²) in [6, 6.07) is 12.7. The van der Waals surface area contributed by atoms with Crippen molar-refractivity contribution in [1.29, 1.82) is 0 Å². The fourth-order valence-electron chi connectivity index (χ4n) is 3.76. The van der Waals surface area contributed by atoms with E-state index in [-0.39, 0.29) is 17.6 Å². The first-order chi connectivity index (χ1) is 15.9. The Hall–Kier alpha value is -2.35. The Morgan fingerprint density at radius 3 is 2.85 bits per heavy atom. The van der Waals surface area contributed by atoms with E-state index >= 15 is 0 Å². The number of amides is 1. The summed E-state index contributed by atoms with van der Waals surface area (Å²) in [6.07, 6.45) is 1.92. The average molecular weight is 486 g/mol. The van der Waals surface area contributed by atoms with Crippen LogP contribution >= 0.6 is 23.4 Å². The van der Waals surface area contributed by atoms with E-state index in [9.17, 15) is 9.59 Å². The summed E-state index contributed by atoms with van der Waals surface area (Å²) in [5.41, 5.74) is 1.87. The zero-order valence-corrected chi connectivity index (χ0v) is 20.4. The SMILES string of the molecule is CC(C)CNC(=O)c1ccc2c(=O)n(CC3CCCO3)c(SCc3ccccc3Cl)nc2c1. The Labute approximate surface area is 202 Å². The summed E-state index contributed by atoms with van der Waals surface area (Å²) in [5, 5.41) is 4.70. The molecule has 0 saturated carbocycles. The molecule has 0 bridgehead atoms. The Bertz CT molecular complexity index is 1210. The molecule has 174 valence electrons. The lowest BCUT2D eigenvalue weighted by molar-refractivity contribution is 0.0937.